The number of likely N-dealkylation sites (N-methyl/N-ethyl adjacent to an activating group) is 1. The van der Waals surface area contributed by atoms with Gasteiger partial charge in [0.25, 0.3) is 0 Å². The topological polar surface area (TPSA) is 6.48 Å². The Morgan fingerprint density at radius 1 is 1.12 bits per heavy atom. The van der Waals surface area contributed by atoms with Gasteiger partial charge in [0.05, 0.1) is 0 Å². The van der Waals surface area contributed by atoms with Crippen LogP contribution in [0.2, 0.25) is 0 Å². The van der Waals surface area contributed by atoms with Crippen LogP contribution in [0.3, 0.4) is 0 Å². The van der Waals surface area contributed by atoms with Crippen molar-refractivity contribution in [3.05, 3.63) is 36.4 Å². The molecule has 1 aromatic carbocycles. The van der Waals surface area contributed by atoms with E-state index in [1.54, 1.807) is 0 Å². The summed E-state index contributed by atoms with van der Waals surface area (Å²) in [6.45, 7) is 4.16. The molecule has 2 rings (SSSR count). The molecule has 0 N–H and O–H groups in total. The molecular weight excluding hydrogens is 437 g/mol. The quantitative estimate of drug-likeness (QED) is 0.334. The summed E-state index contributed by atoms with van der Waals surface area (Å²) in [5, 5.41) is 0. The first kappa shape index (κ1) is 17.2. The number of nitrogens with zero attached hydrogens (tertiary/aromatic N) is 2. The van der Waals surface area contributed by atoms with Crippen LogP contribution in [0.25, 0.3) is 0 Å². The minimum atomic E-state index is 0. The van der Waals surface area contributed by atoms with Gasteiger partial charge >= 0.3 is 27.7 Å². The van der Waals surface area contributed by atoms with Crippen molar-refractivity contribution in [1.82, 2.24) is 9.80 Å². The molecule has 1 aliphatic heterocycles. The van der Waals surface area contributed by atoms with Crippen molar-refractivity contribution in [2.45, 2.75) is 0 Å². The number of benzene rings is 1. The Bertz CT molecular complexity index is 274. The van der Waals surface area contributed by atoms with Gasteiger partial charge in [-0.05, 0) is 13.1 Å². The molecule has 0 atom stereocenters. The van der Waals surface area contributed by atoms with Crippen LogP contribution in [0.4, 0.5) is 0 Å². The van der Waals surface area contributed by atoms with Gasteiger partial charge in [-0.15, -0.1) is 0 Å². The largest absolute Gasteiger partial charge is 1.00 e. The first-order chi connectivity index (χ1) is 7.70. The Labute approximate surface area is 135 Å². The zero-order valence-electron chi connectivity index (χ0n) is 10.1. The van der Waals surface area contributed by atoms with E-state index in [0.29, 0.717) is 4.32 Å². The minimum absolute atomic E-state index is 0. The summed E-state index contributed by atoms with van der Waals surface area (Å²) in [4.78, 5) is 4.36. The summed E-state index contributed by atoms with van der Waals surface area (Å²) in [7, 11) is 2.11. The van der Waals surface area contributed by atoms with E-state index < -0.39 is 0 Å². The van der Waals surface area contributed by atoms with Crippen LogP contribution in [0.5, 0.6) is 0 Å². The maximum absolute atomic E-state index is 4.88. The van der Waals surface area contributed by atoms with Gasteiger partial charge in [-0.2, -0.15) is 0 Å². The Morgan fingerprint density at radius 2 is 1.65 bits per heavy atom. The zero-order chi connectivity index (χ0) is 11.8. The average Bonchev–Trinajstić information content (AvgIpc) is 2.32. The first-order valence-corrected chi connectivity index (χ1v) is 6.07. The molecule has 0 aromatic heterocycles. The maximum Gasteiger partial charge on any atom is 1.00 e. The molecule has 2 radical (unpaired) electrons. The van der Waals surface area contributed by atoms with Crippen molar-refractivity contribution in [2.75, 3.05) is 33.2 Å². The predicted octanol–water partition coefficient (Wildman–Crippen LogP) is 1.55. The monoisotopic (exact) mass is 454 g/mol. The number of piperazine rings is 1. The average molecular weight is 453 g/mol. The summed E-state index contributed by atoms with van der Waals surface area (Å²) in [6.07, 6.45) is 0. The number of rotatable bonds is 0. The third-order valence-corrected chi connectivity index (χ3v) is 2.88. The second kappa shape index (κ2) is 10.2. The molecule has 1 aromatic rings. The van der Waals surface area contributed by atoms with Crippen molar-refractivity contribution in [3.8, 4) is 0 Å². The molecule has 1 heterocycles. The van der Waals surface area contributed by atoms with E-state index in [-0.39, 0.29) is 27.7 Å². The van der Waals surface area contributed by atoms with E-state index in [0.717, 1.165) is 26.2 Å². The van der Waals surface area contributed by atoms with E-state index >= 15 is 0 Å². The fourth-order valence-corrected chi connectivity index (χ4v) is 1.70. The van der Waals surface area contributed by atoms with Crippen molar-refractivity contribution in [2.24, 2.45) is 0 Å². The zero-order valence-corrected chi connectivity index (χ0v) is 17.3. The standard InChI is InChI=1S/C6H12N2S2.C6H5.Hg/c1-7-2-4-8(5-3-7)6(9)10;1-2-4-6-5-3-1;/h2-5H2,1H3,(H,9,10);1-5H;/q;;+1/p-1. The van der Waals surface area contributed by atoms with Crippen LogP contribution in [0, 0.1) is 6.07 Å². The minimum Gasteiger partial charge on any atom is -0.411 e. The normalized spacial score (nSPS) is 15.2. The van der Waals surface area contributed by atoms with Gasteiger partial charge in [-0.25, -0.2) is 0 Å². The molecule has 2 nitrogen and oxygen atoms in total. The summed E-state index contributed by atoms with van der Waals surface area (Å²) in [6, 6.07) is 12.5. The van der Waals surface area contributed by atoms with Crippen LogP contribution in [-0.2, 0) is 40.3 Å². The molecule has 0 amide bonds. The second-order valence-electron chi connectivity index (χ2n) is 3.63. The van der Waals surface area contributed by atoms with Crippen molar-refractivity contribution < 1.29 is 27.7 Å². The van der Waals surface area contributed by atoms with Crippen molar-refractivity contribution >= 4 is 29.2 Å². The predicted molar refractivity (Wildman–Crippen MR) is 74.3 cm³/mol. The van der Waals surface area contributed by atoms with E-state index in [1.807, 2.05) is 30.3 Å². The number of hydrogen-bond donors (Lipinski definition) is 0. The van der Waals surface area contributed by atoms with Crippen LogP contribution >= 0.6 is 12.2 Å². The summed E-state index contributed by atoms with van der Waals surface area (Å²) < 4.78 is 0.619. The van der Waals surface area contributed by atoms with E-state index in [2.05, 4.69) is 22.9 Å². The molecule has 0 saturated carbocycles. The number of thiocarbonyl (C=S) groups is 1. The third kappa shape index (κ3) is 8.03. The second-order valence-corrected chi connectivity index (χ2v) is 4.67. The molecule has 1 aliphatic rings. The van der Waals surface area contributed by atoms with Crippen molar-refractivity contribution in [1.29, 1.82) is 0 Å². The summed E-state index contributed by atoms with van der Waals surface area (Å²) in [5.74, 6) is 0. The molecule has 0 spiro atoms. The Balaban J connectivity index is 0.000000316. The van der Waals surface area contributed by atoms with Crippen molar-refractivity contribution in [3.63, 3.8) is 0 Å². The molecule has 1 saturated heterocycles. The Kier molecular flexibility index (Phi) is 10.3. The first-order valence-electron chi connectivity index (χ1n) is 5.25. The Hall–Kier alpha value is 0.225. The van der Waals surface area contributed by atoms with E-state index in [4.69, 9.17) is 24.8 Å². The molecule has 0 bridgehead atoms. The fraction of sp³-hybridized carbons (Fsp3) is 0.417. The van der Waals surface area contributed by atoms with E-state index in [1.165, 1.54) is 0 Å². The van der Waals surface area contributed by atoms with Gasteiger partial charge in [-0.3, -0.25) is 0 Å². The van der Waals surface area contributed by atoms with Crippen LogP contribution in [0.1, 0.15) is 0 Å². The third-order valence-electron chi connectivity index (χ3n) is 2.37. The Morgan fingerprint density at radius 3 is 1.94 bits per heavy atom. The fourth-order valence-electron chi connectivity index (χ4n) is 1.33. The van der Waals surface area contributed by atoms with Gasteiger partial charge in [-0.1, -0.05) is 34.7 Å². The van der Waals surface area contributed by atoms with Gasteiger partial charge < -0.3 is 34.6 Å². The molecule has 88 valence electrons. The SMILES string of the molecule is CN1CCN(C(=S)[S-])CC1.[Hg+].[c]1ccccc1. The van der Waals surface area contributed by atoms with Crippen LogP contribution in [-0.4, -0.2) is 47.3 Å². The van der Waals surface area contributed by atoms with Crippen LogP contribution < -0.4 is 0 Å². The number of hydrogen-bond acceptors (Lipinski definition) is 3. The van der Waals surface area contributed by atoms with Gasteiger partial charge in [0.2, 0.25) is 0 Å². The van der Waals surface area contributed by atoms with E-state index in [9.17, 15) is 0 Å². The summed E-state index contributed by atoms with van der Waals surface area (Å²) >= 11 is 9.75. The molecular formula is C12H16HgN2S2. The van der Waals surface area contributed by atoms with Crippen LogP contribution in [0.15, 0.2) is 30.3 Å². The molecule has 1 fully saturated rings. The maximum atomic E-state index is 4.88. The smallest absolute Gasteiger partial charge is 0.411 e. The molecule has 5 heteroatoms. The van der Waals surface area contributed by atoms with Gasteiger partial charge in [0, 0.05) is 26.2 Å². The summed E-state index contributed by atoms with van der Waals surface area (Å²) in [5.41, 5.74) is 0. The molecule has 0 unspecified atom stereocenters. The van der Waals surface area contributed by atoms with Gasteiger partial charge in [0.15, 0.2) is 0 Å². The van der Waals surface area contributed by atoms with Gasteiger partial charge in [0.1, 0.15) is 0 Å². The molecule has 17 heavy (non-hydrogen) atoms. The molecule has 0 aliphatic carbocycles.